The van der Waals surface area contributed by atoms with E-state index in [4.69, 9.17) is 9.47 Å². The Labute approximate surface area is 119 Å². The fourth-order valence-electron chi connectivity index (χ4n) is 1.97. The molecule has 5 heteroatoms. The Morgan fingerprint density at radius 2 is 1.90 bits per heavy atom. The third-order valence-electron chi connectivity index (χ3n) is 3.23. The van der Waals surface area contributed by atoms with E-state index in [1.54, 1.807) is 12.1 Å². The summed E-state index contributed by atoms with van der Waals surface area (Å²) in [6.45, 7) is 5.78. The fraction of sp³-hybridized carbons (Fsp3) is 0.533. The van der Waals surface area contributed by atoms with Crippen LogP contribution < -0.4 is 10.1 Å². The van der Waals surface area contributed by atoms with E-state index in [1.807, 2.05) is 20.8 Å². The molecule has 0 saturated carbocycles. The predicted octanol–water partition coefficient (Wildman–Crippen LogP) is 2.68. The van der Waals surface area contributed by atoms with Crippen LogP contribution in [0.2, 0.25) is 0 Å². The van der Waals surface area contributed by atoms with Crippen molar-refractivity contribution in [2.24, 2.45) is 5.92 Å². The first kappa shape index (κ1) is 16.4. The number of benzene rings is 1. The van der Waals surface area contributed by atoms with Crippen LogP contribution in [-0.4, -0.2) is 26.2 Å². The maximum absolute atomic E-state index is 13.4. The van der Waals surface area contributed by atoms with Gasteiger partial charge < -0.3 is 9.47 Å². The molecule has 20 heavy (non-hydrogen) atoms. The number of ether oxygens (including phenoxy) is 2. The molecule has 0 amide bonds. The highest BCUT2D eigenvalue weighted by Gasteiger charge is 2.25. The van der Waals surface area contributed by atoms with Gasteiger partial charge in [0.2, 0.25) is 0 Å². The molecule has 0 radical (unpaired) electrons. The third kappa shape index (κ3) is 3.93. The van der Waals surface area contributed by atoms with Crippen LogP contribution in [0.15, 0.2) is 18.2 Å². The summed E-state index contributed by atoms with van der Waals surface area (Å²) in [5, 5.41) is 3.20. The quantitative estimate of drug-likeness (QED) is 0.815. The van der Waals surface area contributed by atoms with Crippen molar-refractivity contribution in [2.45, 2.75) is 32.9 Å². The maximum Gasteiger partial charge on any atom is 0.323 e. The number of methoxy groups -OCH3 is 2. The molecule has 0 aliphatic heterocycles. The van der Waals surface area contributed by atoms with Gasteiger partial charge in [-0.2, -0.15) is 0 Å². The smallest absolute Gasteiger partial charge is 0.323 e. The topological polar surface area (TPSA) is 47.6 Å². The monoisotopic (exact) mass is 283 g/mol. The Hall–Kier alpha value is -1.62. The van der Waals surface area contributed by atoms with Crippen LogP contribution in [0.3, 0.4) is 0 Å². The van der Waals surface area contributed by atoms with Crippen LogP contribution in [0, 0.1) is 11.7 Å². The number of hydrogen-bond acceptors (Lipinski definition) is 4. The van der Waals surface area contributed by atoms with Gasteiger partial charge in [-0.05, 0) is 30.5 Å². The molecule has 0 heterocycles. The van der Waals surface area contributed by atoms with Gasteiger partial charge in [0.1, 0.15) is 6.04 Å². The van der Waals surface area contributed by atoms with Gasteiger partial charge in [-0.15, -0.1) is 0 Å². The number of halogens is 1. The van der Waals surface area contributed by atoms with E-state index in [0.717, 1.165) is 5.56 Å². The first-order valence-electron chi connectivity index (χ1n) is 6.58. The standard InChI is InChI=1S/C15H22FNO3/c1-9(2)14(15(18)20-5)17-10(3)11-6-7-12(16)13(8-11)19-4/h6-10,14,17H,1-5H3/t10?,14-/m0/s1. The van der Waals surface area contributed by atoms with Gasteiger partial charge in [0.25, 0.3) is 0 Å². The van der Waals surface area contributed by atoms with E-state index in [-0.39, 0.29) is 23.7 Å². The highest BCUT2D eigenvalue weighted by molar-refractivity contribution is 5.76. The van der Waals surface area contributed by atoms with Crippen molar-refractivity contribution in [3.05, 3.63) is 29.6 Å². The number of hydrogen-bond donors (Lipinski definition) is 1. The Morgan fingerprint density at radius 3 is 2.40 bits per heavy atom. The van der Waals surface area contributed by atoms with E-state index in [0.29, 0.717) is 0 Å². The van der Waals surface area contributed by atoms with Crippen molar-refractivity contribution >= 4 is 5.97 Å². The summed E-state index contributed by atoms with van der Waals surface area (Å²) < 4.78 is 23.1. The van der Waals surface area contributed by atoms with E-state index in [9.17, 15) is 9.18 Å². The third-order valence-corrected chi connectivity index (χ3v) is 3.23. The maximum atomic E-state index is 13.4. The van der Waals surface area contributed by atoms with E-state index >= 15 is 0 Å². The van der Waals surface area contributed by atoms with Gasteiger partial charge in [0, 0.05) is 6.04 Å². The molecule has 1 rings (SSSR count). The second kappa shape index (κ2) is 7.24. The lowest BCUT2D eigenvalue weighted by atomic mass is 10.0. The number of nitrogens with one attached hydrogen (secondary N) is 1. The van der Waals surface area contributed by atoms with Gasteiger partial charge >= 0.3 is 5.97 Å². The van der Waals surface area contributed by atoms with E-state index in [2.05, 4.69) is 5.32 Å². The molecule has 0 aliphatic carbocycles. The van der Waals surface area contributed by atoms with Gasteiger partial charge in [0.05, 0.1) is 14.2 Å². The Kier molecular flexibility index (Phi) is 5.95. The van der Waals surface area contributed by atoms with Gasteiger partial charge in [0.15, 0.2) is 11.6 Å². The molecule has 0 bridgehead atoms. The SMILES string of the molecule is COC(=O)[C@@H](NC(C)c1ccc(F)c(OC)c1)C(C)C. The average Bonchev–Trinajstić information content (AvgIpc) is 2.43. The number of rotatable bonds is 6. The average molecular weight is 283 g/mol. The lowest BCUT2D eigenvalue weighted by Gasteiger charge is -2.24. The van der Waals surface area contributed by atoms with Crippen molar-refractivity contribution in [1.82, 2.24) is 5.32 Å². The first-order chi connectivity index (χ1) is 9.40. The Balaban J connectivity index is 2.88. The summed E-state index contributed by atoms with van der Waals surface area (Å²) in [5.41, 5.74) is 0.845. The van der Waals surface area contributed by atoms with Crippen LogP contribution in [-0.2, 0) is 9.53 Å². The molecule has 0 aliphatic rings. The van der Waals surface area contributed by atoms with E-state index < -0.39 is 11.9 Å². The molecule has 1 aromatic rings. The summed E-state index contributed by atoms with van der Waals surface area (Å²) in [5.74, 6) is -0.430. The number of esters is 1. The molecule has 0 saturated heterocycles. The second-order valence-electron chi connectivity index (χ2n) is 5.03. The summed E-state index contributed by atoms with van der Waals surface area (Å²) >= 11 is 0. The first-order valence-corrected chi connectivity index (χ1v) is 6.58. The van der Waals surface area contributed by atoms with Crippen molar-refractivity contribution in [1.29, 1.82) is 0 Å². The largest absolute Gasteiger partial charge is 0.494 e. The van der Waals surface area contributed by atoms with Gasteiger partial charge in [-0.25, -0.2) is 4.39 Å². The molecule has 1 N–H and O–H groups in total. The van der Waals surface area contributed by atoms with Crippen LogP contribution in [0.5, 0.6) is 5.75 Å². The lowest BCUT2D eigenvalue weighted by Crippen LogP contribution is -2.42. The zero-order valence-electron chi connectivity index (χ0n) is 12.6. The van der Waals surface area contributed by atoms with E-state index in [1.165, 1.54) is 20.3 Å². The summed E-state index contributed by atoms with van der Waals surface area (Å²) in [6.07, 6.45) is 0. The van der Waals surface area contributed by atoms with Crippen LogP contribution in [0.4, 0.5) is 4.39 Å². The Morgan fingerprint density at radius 1 is 1.25 bits per heavy atom. The highest BCUT2D eigenvalue weighted by atomic mass is 19.1. The van der Waals surface area contributed by atoms with Gasteiger partial charge in [-0.1, -0.05) is 19.9 Å². The Bertz CT molecular complexity index is 462. The van der Waals surface area contributed by atoms with Crippen molar-refractivity contribution in [3.63, 3.8) is 0 Å². The number of carbonyl (C=O) groups excluding carboxylic acids is 1. The van der Waals surface area contributed by atoms with Crippen LogP contribution >= 0.6 is 0 Å². The molecule has 1 unspecified atom stereocenters. The van der Waals surface area contributed by atoms with Crippen molar-refractivity contribution < 1.29 is 18.7 Å². The van der Waals surface area contributed by atoms with Crippen LogP contribution in [0.1, 0.15) is 32.4 Å². The fourth-order valence-corrected chi connectivity index (χ4v) is 1.97. The zero-order valence-corrected chi connectivity index (χ0v) is 12.6. The molecule has 112 valence electrons. The lowest BCUT2D eigenvalue weighted by molar-refractivity contribution is -0.144. The minimum Gasteiger partial charge on any atom is -0.494 e. The predicted molar refractivity (Wildman–Crippen MR) is 75.1 cm³/mol. The minimum absolute atomic E-state index is 0.0900. The molecule has 0 fully saturated rings. The second-order valence-corrected chi connectivity index (χ2v) is 5.03. The molecule has 1 aromatic carbocycles. The normalized spacial score (nSPS) is 13.9. The van der Waals surface area contributed by atoms with Crippen LogP contribution in [0.25, 0.3) is 0 Å². The van der Waals surface area contributed by atoms with Gasteiger partial charge in [-0.3, -0.25) is 10.1 Å². The molecule has 2 atom stereocenters. The summed E-state index contributed by atoms with van der Waals surface area (Å²) in [4.78, 5) is 11.7. The molecule has 4 nitrogen and oxygen atoms in total. The van der Waals surface area contributed by atoms with Crippen molar-refractivity contribution in [2.75, 3.05) is 14.2 Å². The summed E-state index contributed by atoms with van der Waals surface area (Å²) in [7, 11) is 2.79. The molecular formula is C15H22FNO3. The van der Waals surface area contributed by atoms with Crippen molar-refractivity contribution in [3.8, 4) is 5.75 Å². The molecule has 0 aromatic heterocycles. The summed E-state index contributed by atoms with van der Waals surface area (Å²) in [6, 6.07) is 4.11. The molecule has 0 spiro atoms. The minimum atomic E-state index is -0.411. The number of carbonyl (C=O) groups is 1. The highest BCUT2D eigenvalue weighted by Crippen LogP contribution is 2.23. The zero-order chi connectivity index (χ0) is 15.3. The molecular weight excluding hydrogens is 261 g/mol.